The molecule has 1 aromatic carbocycles. The van der Waals surface area contributed by atoms with E-state index < -0.39 is 0 Å². The van der Waals surface area contributed by atoms with Crippen LogP contribution in [-0.4, -0.2) is 40.7 Å². The van der Waals surface area contributed by atoms with Crippen LogP contribution >= 0.6 is 0 Å². The monoisotopic (exact) mass is 345 g/mol. The summed E-state index contributed by atoms with van der Waals surface area (Å²) < 4.78 is 24.7. The van der Waals surface area contributed by atoms with Gasteiger partial charge >= 0.3 is 0 Å². The molecule has 25 heavy (non-hydrogen) atoms. The minimum absolute atomic E-state index is 0.00801. The maximum atomic E-state index is 14.0. The molecule has 1 saturated carbocycles. The summed E-state index contributed by atoms with van der Waals surface area (Å²) in [5, 5.41) is 3.83. The second-order valence-corrected chi connectivity index (χ2v) is 6.75. The van der Waals surface area contributed by atoms with Crippen molar-refractivity contribution in [3.05, 3.63) is 47.4 Å². The lowest BCUT2D eigenvalue weighted by Crippen LogP contribution is -2.33. The average Bonchev–Trinajstić information content (AvgIpc) is 3.08. The van der Waals surface area contributed by atoms with E-state index in [1.165, 1.54) is 6.07 Å². The molecule has 2 aromatic rings. The van der Waals surface area contributed by atoms with Gasteiger partial charge in [0.1, 0.15) is 11.9 Å². The third-order valence-corrected chi connectivity index (χ3v) is 5.12. The van der Waals surface area contributed by atoms with Gasteiger partial charge in [-0.1, -0.05) is 23.4 Å². The largest absolute Gasteiger partial charge is 0.380 e. The van der Waals surface area contributed by atoms with Crippen molar-refractivity contribution >= 4 is 5.91 Å². The predicted molar refractivity (Wildman–Crippen MR) is 86.2 cm³/mol. The molecule has 0 unspecified atom stereocenters. The molecule has 1 saturated heterocycles. The summed E-state index contributed by atoms with van der Waals surface area (Å²) in [6.45, 7) is 2.24. The van der Waals surface area contributed by atoms with Crippen LogP contribution in [0.15, 0.2) is 28.8 Å². The van der Waals surface area contributed by atoms with E-state index in [0.717, 1.165) is 0 Å². The number of likely N-dealkylation sites (tertiary alicyclic amines) is 1. The smallest absolute Gasteiger partial charge is 0.249 e. The molecule has 2 heterocycles. The first-order valence-electron chi connectivity index (χ1n) is 8.46. The number of amides is 1. The average molecular weight is 345 g/mol. The van der Waals surface area contributed by atoms with E-state index in [9.17, 15) is 9.18 Å². The van der Waals surface area contributed by atoms with Gasteiger partial charge in [0.15, 0.2) is 5.82 Å². The van der Waals surface area contributed by atoms with Crippen LogP contribution in [0.4, 0.5) is 4.39 Å². The molecule has 2 fully saturated rings. The molecule has 4 atom stereocenters. The van der Waals surface area contributed by atoms with Gasteiger partial charge in [-0.05, 0) is 30.9 Å². The van der Waals surface area contributed by atoms with Crippen molar-refractivity contribution in [2.24, 2.45) is 5.92 Å². The van der Waals surface area contributed by atoms with Crippen LogP contribution in [0.1, 0.15) is 42.1 Å². The summed E-state index contributed by atoms with van der Waals surface area (Å²) in [6.07, 6.45) is 1.23. The predicted octanol–water partition coefficient (Wildman–Crippen LogP) is 2.61. The molecule has 1 aliphatic heterocycles. The second-order valence-electron chi connectivity index (χ2n) is 6.75. The van der Waals surface area contributed by atoms with Crippen LogP contribution in [0.5, 0.6) is 0 Å². The number of benzene rings is 1. The lowest BCUT2D eigenvalue weighted by molar-refractivity contribution is -0.134. The van der Waals surface area contributed by atoms with E-state index in [0.29, 0.717) is 36.7 Å². The Kier molecular flexibility index (Phi) is 4.03. The Bertz CT molecular complexity index is 793. The zero-order valence-corrected chi connectivity index (χ0v) is 14.2. The van der Waals surface area contributed by atoms with Gasteiger partial charge in [0.05, 0.1) is 6.10 Å². The number of carbonyl (C=O) groups excluding carboxylic acids is 1. The molecule has 2 aliphatic rings. The fourth-order valence-corrected chi connectivity index (χ4v) is 3.69. The first-order valence-corrected chi connectivity index (χ1v) is 8.46. The Balaban J connectivity index is 1.53. The molecule has 132 valence electrons. The number of carbonyl (C=O) groups is 1. The molecule has 0 N–H and O–H groups in total. The van der Waals surface area contributed by atoms with Crippen LogP contribution in [0, 0.1) is 18.7 Å². The first-order chi connectivity index (χ1) is 12.1. The zero-order chi connectivity index (χ0) is 17.6. The number of ether oxygens (including phenoxy) is 1. The summed E-state index contributed by atoms with van der Waals surface area (Å²) in [5.41, 5.74) is 0.619. The number of halogens is 1. The van der Waals surface area contributed by atoms with Gasteiger partial charge in [0.25, 0.3) is 0 Å². The van der Waals surface area contributed by atoms with E-state index in [4.69, 9.17) is 9.26 Å². The highest BCUT2D eigenvalue weighted by atomic mass is 19.1. The van der Waals surface area contributed by atoms with E-state index in [1.54, 1.807) is 37.1 Å². The molecule has 1 aromatic heterocycles. The van der Waals surface area contributed by atoms with E-state index in [1.807, 2.05) is 0 Å². The van der Waals surface area contributed by atoms with Crippen molar-refractivity contribution < 1.29 is 18.4 Å². The summed E-state index contributed by atoms with van der Waals surface area (Å²) in [6, 6.07) is 6.39. The molecule has 1 amide bonds. The summed E-state index contributed by atoms with van der Waals surface area (Å²) >= 11 is 0. The zero-order valence-electron chi connectivity index (χ0n) is 14.2. The Morgan fingerprint density at radius 2 is 2.16 bits per heavy atom. The fourth-order valence-electron chi connectivity index (χ4n) is 3.69. The molecule has 7 heteroatoms. The minimum atomic E-state index is -0.277. The molecule has 0 radical (unpaired) electrons. The first kappa shape index (κ1) is 16.2. The van der Waals surface area contributed by atoms with Crippen molar-refractivity contribution in [1.82, 2.24) is 15.0 Å². The Morgan fingerprint density at radius 3 is 2.84 bits per heavy atom. The molecular formula is C18H20FN3O3. The number of hydrogen-bond donors (Lipinski definition) is 0. The number of aryl methyl sites for hydroxylation is 1. The number of aromatic nitrogens is 2. The van der Waals surface area contributed by atoms with Crippen molar-refractivity contribution in [3.8, 4) is 0 Å². The van der Waals surface area contributed by atoms with Crippen LogP contribution in [0.2, 0.25) is 0 Å². The SMILES string of the molecule is CO[C@H]1C[C@H](c2nc(C)no2)N(C(=O)[C@@H]2C[C@H]2c2ccccc2F)C1. The van der Waals surface area contributed by atoms with E-state index in [-0.39, 0.29) is 35.7 Å². The molecular weight excluding hydrogens is 325 g/mol. The molecule has 0 bridgehead atoms. The van der Waals surface area contributed by atoms with Gasteiger partial charge in [0.2, 0.25) is 11.8 Å². The summed E-state index contributed by atoms with van der Waals surface area (Å²) in [7, 11) is 1.63. The van der Waals surface area contributed by atoms with Crippen LogP contribution in [0.25, 0.3) is 0 Å². The van der Waals surface area contributed by atoms with Gasteiger partial charge in [-0.15, -0.1) is 0 Å². The lowest BCUT2D eigenvalue weighted by atomic mass is 10.1. The Hall–Kier alpha value is -2.28. The topological polar surface area (TPSA) is 68.5 Å². The third-order valence-electron chi connectivity index (χ3n) is 5.12. The maximum Gasteiger partial charge on any atom is 0.249 e. The molecule has 4 rings (SSSR count). The maximum absolute atomic E-state index is 14.0. The van der Waals surface area contributed by atoms with Crippen molar-refractivity contribution in [1.29, 1.82) is 0 Å². The highest BCUT2D eigenvalue weighted by Gasteiger charge is 2.50. The second kappa shape index (κ2) is 6.22. The third kappa shape index (κ3) is 2.93. The van der Waals surface area contributed by atoms with Gasteiger partial charge in [-0.25, -0.2) is 4.39 Å². The van der Waals surface area contributed by atoms with E-state index in [2.05, 4.69) is 10.1 Å². The van der Waals surface area contributed by atoms with E-state index >= 15 is 0 Å². The standard InChI is InChI=1S/C18H20FN3O3/c1-10-20-17(25-21-10)16-7-11(24-2)9-22(16)18(23)14-8-13(14)12-5-3-4-6-15(12)19/h3-6,11,13-14,16H,7-9H2,1-2H3/t11-,13-,14+,16+/m0/s1. The highest BCUT2D eigenvalue weighted by molar-refractivity contribution is 5.83. The molecule has 0 spiro atoms. The van der Waals surface area contributed by atoms with Gasteiger partial charge < -0.3 is 14.2 Å². The summed E-state index contributed by atoms with van der Waals surface area (Å²) in [5.74, 6) is 0.489. The Labute approximate surface area is 145 Å². The van der Waals surface area contributed by atoms with Crippen LogP contribution in [-0.2, 0) is 9.53 Å². The fraction of sp³-hybridized carbons (Fsp3) is 0.500. The number of hydrogen-bond acceptors (Lipinski definition) is 5. The number of nitrogens with zero attached hydrogens (tertiary/aromatic N) is 3. The van der Waals surface area contributed by atoms with Crippen molar-refractivity contribution in [2.45, 2.75) is 37.8 Å². The van der Waals surface area contributed by atoms with Crippen molar-refractivity contribution in [3.63, 3.8) is 0 Å². The lowest BCUT2D eigenvalue weighted by Gasteiger charge is -2.22. The quantitative estimate of drug-likeness (QED) is 0.852. The van der Waals surface area contributed by atoms with Crippen molar-refractivity contribution in [2.75, 3.05) is 13.7 Å². The van der Waals surface area contributed by atoms with Crippen LogP contribution < -0.4 is 0 Å². The summed E-state index contributed by atoms with van der Waals surface area (Å²) in [4.78, 5) is 19.0. The van der Waals surface area contributed by atoms with Gasteiger partial charge in [-0.3, -0.25) is 4.79 Å². The highest BCUT2D eigenvalue weighted by Crippen LogP contribution is 2.50. The molecule has 1 aliphatic carbocycles. The minimum Gasteiger partial charge on any atom is -0.380 e. The van der Waals surface area contributed by atoms with Gasteiger partial charge in [0, 0.05) is 26.0 Å². The van der Waals surface area contributed by atoms with Gasteiger partial charge in [-0.2, -0.15) is 4.98 Å². The normalized spacial score (nSPS) is 28.4. The number of methoxy groups -OCH3 is 1. The molecule has 6 nitrogen and oxygen atoms in total. The number of rotatable bonds is 4. The van der Waals surface area contributed by atoms with Crippen LogP contribution in [0.3, 0.4) is 0 Å². The Morgan fingerprint density at radius 1 is 1.36 bits per heavy atom.